The molecule has 1 N–H and O–H groups in total. The fourth-order valence-corrected chi connectivity index (χ4v) is 2.07. The Labute approximate surface area is 151 Å². The number of benzene rings is 2. The van der Waals surface area contributed by atoms with Gasteiger partial charge in [-0.2, -0.15) is 0 Å². The van der Waals surface area contributed by atoms with Gasteiger partial charge in [-0.25, -0.2) is 9.18 Å². The molecular formula is C20H20FNO4. The van der Waals surface area contributed by atoms with E-state index in [1.54, 1.807) is 25.3 Å². The number of methoxy groups -OCH3 is 1. The third-order valence-corrected chi connectivity index (χ3v) is 3.55. The number of rotatable bonds is 7. The maximum absolute atomic E-state index is 12.8. The number of amides is 1. The van der Waals surface area contributed by atoms with E-state index in [9.17, 15) is 14.0 Å². The molecule has 0 heterocycles. The molecule has 0 bridgehead atoms. The summed E-state index contributed by atoms with van der Waals surface area (Å²) in [7, 11) is 1.58. The Morgan fingerprint density at radius 1 is 1.12 bits per heavy atom. The molecule has 26 heavy (non-hydrogen) atoms. The van der Waals surface area contributed by atoms with E-state index in [1.807, 2.05) is 12.1 Å². The molecule has 5 nitrogen and oxygen atoms in total. The molecule has 0 aliphatic rings. The van der Waals surface area contributed by atoms with Crippen molar-refractivity contribution in [1.82, 2.24) is 5.32 Å². The van der Waals surface area contributed by atoms with Crippen LogP contribution >= 0.6 is 0 Å². The molecule has 136 valence electrons. The van der Waals surface area contributed by atoms with Gasteiger partial charge in [0.2, 0.25) is 5.91 Å². The van der Waals surface area contributed by atoms with Crippen LogP contribution in [-0.4, -0.2) is 25.0 Å². The van der Waals surface area contributed by atoms with Crippen molar-refractivity contribution in [2.45, 2.75) is 19.6 Å². The summed E-state index contributed by atoms with van der Waals surface area (Å²) in [4.78, 5) is 23.8. The van der Waals surface area contributed by atoms with E-state index >= 15 is 0 Å². The van der Waals surface area contributed by atoms with Gasteiger partial charge in [0.1, 0.15) is 24.2 Å². The molecule has 1 atom stereocenters. The van der Waals surface area contributed by atoms with E-state index in [1.165, 1.54) is 37.3 Å². The third kappa shape index (κ3) is 6.05. The number of carbonyl (C=O) groups excluding carboxylic acids is 2. The van der Waals surface area contributed by atoms with Crippen LogP contribution in [0.1, 0.15) is 18.1 Å². The van der Waals surface area contributed by atoms with Gasteiger partial charge >= 0.3 is 5.97 Å². The van der Waals surface area contributed by atoms with Crippen molar-refractivity contribution in [3.05, 3.63) is 71.6 Å². The largest absolute Gasteiger partial charge is 0.497 e. The maximum Gasteiger partial charge on any atom is 0.328 e. The van der Waals surface area contributed by atoms with Crippen LogP contribution in [0.5, 0.6) is 5.75 Å². The van der Waals surface area contributed by atoms with Gasteiger partial charge in [0, 0.05) is 6.08 Å². The Bertz CT molecular complexity index is 769. The average molecular weight is 357 g/mol. The highest BCUT2D eigenvalue weighted by Gasteiger charge is 2.15. The molecule has 0 saturated carbocycles. The van der Waals surface area contributed by atoms with Crippen molar-refractivity contribution in [2.24, 2.45) is 0 Å². The number of esters is 1. The number of nitrogens with one attached hydrogen (secondary N) is 1. The van der Waals surface area contributed by atoms with Crippen LogP contribution in [0.4, 0.5) is 4.39 Å². The normalized spacial score (nSPS) is 11.8. The summed E-state index contributed by atoms with van der Waals surface area (Å²) in [6.45, 7) is 1.55. The van der Waals surface area contributed by atoms with E-state index in [4.69, 9.17) is 9.47 Å². The van der Waals surface area contributed by atoms with Crippen LogP contribution < -0.4 is 10.1 Å². The first-order chi connectivity index (χ1) is 12.5. The zero-order valence-corrected chi connectivity index (χ0v) is 14.6. The van der Waals surface area contributed by atoms with Crippen molar-refractivity contribution in [1.29, 1.82) is 0 Å². The van der Waals surface area contributed by atoms with Crippen LogP contribution in [0.15, 0.2) is 54.6 Å². The lowest BCUT2D eigenvalue weighted by atomic mass is 10.2. The van der Waals surface area contributed by atoms with Crippen LogP contribution in [0.25, 0.3) is 6.08 Å². The highest BCUT2D eigenvalue weighted by molar-refractivity contribution is 5.94. The van der Waals surface area contributed by atoms with Gasteiger partial charge in [-0.05, 0) is 48.4 Å². The number of carbonyl (C=O) groups is 2. The fourth-order valence-electron chi connectivity index (χ4n) is 2.07. The van der Waals surface area contributed by atoms with Crippen molar-refractivity contribution >= 4 is 18.0 Å². The molecule has 0 fully saturated rings. The molecule has 0 saturated heterocycles. The summed E-state index contributed by atoms with van der Waals surface area (Å²) in [5.41, 5.74) is 1.49. The summed E-state index contributed by atoms with van der Waals surface area (Å²) >= 11 is 0. The third-order valence-electron chi connectivity index (χ3n) is 3.55. The number of hydrogen-bond donors (Lipinski definition) is 1. The molecule has 2 aromatic carbocycles. The van der Waals surface area contributed by atoms with E-state index < -0.39 is 17.9 Å². The summed E-state index contributed by atoms with van der Waals surface area (Å²) in [6.07, 6.45) is 2.97. The molecule has 0 aromatic heterocycles. The molecule has 0 aliphatic heterocycles. The lowest BCUT2D eigenvalue weighted by molar-refractivity contribution is -0.148. The van der Waals surface area contributed by atoms with Gasteiger partial charge in [-0.3, -0.25) is 4.79 Å². The molecule has 0 radical (unpaired) electrons. The fraction of sp³-hybridized carbons (Fsp3) is 0.200. The van der Waals surface area contributed by atoms with Crippen LogP contribution in [0.3, 0.4) is 0 Å². The molecular weight excluding hydrogens is 337 g/mol. The summed E-state index contributed by atoms with van der Waals surface area (Å²) in [5.74, 6) is -0.610. The molecule has 0 aliphatic carbocycles. The molecule has 2 rings (SSSR count). The number of hydrogen-bond acceptors (Lipinski definition) is 4. The lowest BCUT2D eigenvalue weighted by Gasteiger charge is -2.12. The Morgan fingerprint density at radius 2 is 1.77 bits per heavy atom. The first kappa shape index (κ1) is 19.2. The average Bonchev–Trinajstić information content (AvgIpc) is 2.66. The maximum atomic E-state index is 12.8. The van der Waals surface area contributed by atoms with Gasteiger partial charge in [-0.15, -0.1) is 0 Å². The quantitative estimate of drug-likeness (QED) is 0.611. The van der Waals surface area contributed by atoms with Crippen LogP contribution in [0.2, 0.25) is 0 Å². The van der Waals surface area contributed by atoms with Crippen molar-refractivity contribution < 1.29 is 23.5 Å². The first-order valence-electron chi connectivity index (χ1n) is 8.01. The van der Waals surface area contributed by atoms with E-state index in [-0.39, 0.29) is 12.4 Å². The van der Waals surface area contributed by atoms with Gasteiger partial charge in [0.05, 0.1) is 7.11 Å². The van der Waals surface area contributed by atoms with E-state index in [0.717, 1.165) is 11.3 Å². The highest BCUT2D eigenvalue weighted by Crippen LogP contribution is 2.12. The Kier molecular flexibility index (Phi) is 6.91. The van der Waals surface area contributed by atoms with E-state index in [0.29, 0.717) is 5.56 Å². The molecule has 0 spiro atoms. The van der Waals surface area contributed by atoms with Gasteiger partial charge in [-0.1, -0.05) is 24.3 Å². The molecule has 2 aromatic rings. The second kappa shape index (κ2) is 9.36. The summed E-state index contributed by atoms with van der Waals surface area (Å²) < 4.78 is 23.0. The zero-order valence-electron chi connectivity index (χ0n) is 14.6. The monoisotopic (exact) mass is 357 g/mol. The van der Waals surface area contributed by atoms with Crippen molar-refractivity contribution in [3.8, 4) is 5.75 Å². The van der Waals surface area contributed by atoms with Crippen molar-refractivity contribution in [2.75, 3.05) is 7.11 Å². The van der Waals surface area contributed by atoms with Crippen LogP contribution in [-0.2, 0) is 20.9 Å². The second-order valence-electron chi connectivity index (χ2n) is 5.57. The van der Waals surface area contributed by atoms with Gasteiger partial charge < -0.3 is 14.8 Å². The zero-order chi connectivity index (χ0) is 18.9. The minimum Gasteiger partial charge on any atom is -0.497 e. The second-order valence-corrected chi connectivity index (χ2v) is 5.57. The Balaban J connectivity index is 1.80. The number of halogens is 1. The Morgan fingerprint density at radius 3 is 2.38 bits per heavy atom. The van der Waals surface area contributed by atoms with Crippen LogP contribution in [0, 0.1) is 5.82 Å². The number of ether oxygens (including phenoxy) is 2. The van der Waals surface area contributed by atoms with E-state index in [2.05, 4.69) is 5.32 Å². The first-order valence-corrected chi connectivity index (χ1v) is 8.01. The lowest BCUT2D eigenvalue weighted by Crippen LogP contribution is -2.38. The topological polar surface area (TPSA) is 64.6 Å². The summed E-state index contributed by atoms with van der Waals surface area (Å²) in [6, 6.07) is 12.0. The molecule has 1 unspecified atom stereocenters. The summed E-state index contributed by atoms with van der Waals surface area (Å²) in [5, 5.41) is 2.53. The predicted molar refractivity (Wildman–Crippen MR) is 95.8 cm³/mol. The highest BCUT2D eigenvalue weighted by atomic mass is 19.1. The minimum atomic E-state index is -0.802. The SMILES string of the molecule is COc1ccc(C=CC(=O)NC(C)C(=O)OCc2ccc(F)cc2)cc1. The molecule has 6 heteroatoms. The minimum absolute atomic E-state index is 0.0149. The van der Waals surface area contributed by atoms with Gasteiger partial charge in [0.15, 0.2) is 0 Å². The van der Waals surface area contributed by atoms with Gasteiger partial charge in [0.25, 0.3) is 0 Å². The molecule has 1 amide bonds. The smallest absolute Gasteiger partial charge is 0.328 e. The Hall–Kier alpha value is -3.15. The standard InChI is InChI=1S/C20H20FNO4/c1-14(20(24)26-13-16-3-8-17(21)9-4-16)22-19(23)12-7-15-5-10-18(25-2)11-6-15/h3-12,14H,13H2,1-2H3,(H,22,23). The predicted octanol–water partition coefficient (Wildman–Crippen LogP) is 3.10. The van der Waals surface area contributed by atoms with Crippen molar-refractivity contribution in [3.63, 3.8) is 0 Å².